The SMILES string of the molecule is CN(C)CCN.COc1cc2nc(Cl)nc(Cl)c2cc1OC.COc1cc2nc(Cl)nc(NCCN(C)C)c2cc1OC. The summed E-state index contributed by atoms with van der Waals surface area (Å²) in [5.41, 5.74) is 6.51. The number of ether oxygens (including phenoxy) is 4. The Labute approximate surface area is 267 Å². The highest BCUT2D eigenvalue weighted by atomic mass is 35.5. The fourth-order valence-corrected chi connectivity index (χ4v) is 4.24. The van der Waals surface area contributed by atoms with Gasteiger partial charge < -0.3 is 39.8 Å². The van der Waals surface area contributed by atoms with Crippen LogP contribution in [-0.4, -0.2) is 113 Å². The Balaban J connectivity index is 0.000000259. The molecule has 0 fully saturated rings. The van der Waals surface area contributed by atoms with E-state index in [-0.39, 0.29) is 15.7 Å². The van der Waals surface area contributed by atoms with Crippen molar-refractivity contribution in [3.05, 3.63) is 40.0 Å². The summed E-state index contributed by atoms with van der Waals surface area (Å²) in [6.07, 6.45) is 0. The van der Waals surface area contributed by atoms with Gasteiger partial charge in [-0.05, 0) is 63.5 Å². The van der Waals surface area contributed by atoms with Gasteiger partial charge in [-0.3, -0.25) is 0 Å². The minimum atomic E-state index is 0.102. The van der Waals surface area contributed by atoms with Crippen LogP contribution < -0.4 is 30.0 Å². The van der Waals surface area contributed by atoms with Crippen LogP contribution in [-0.2, 0) is 0 Å². The van der Waals surface area contributed by atoms with Crippen LogP contribution in [0.4, 0.5) is 5.82 Å². The van der Waals surface area contributed by atoms with Gasteiger partial charge in [0.15, 0.2) is 23.0 Å². The maximum atomic E-state index is 5.99. The van der Waals surface area contributed by atoms with Crippen molar-refractivity contribution in [1.82, 2.24) is 29.7 Å². The Morgan fingerprint density at radius 3 is 1.53 bits per heavy atom. The number of halogens is 3. The third kappa shape index (κ3) is 10.8. The molecule has 0 spiro atoms. The number of fused-ring (bicyclic) bond motifs is 2. The summed E-state index contributed by atoms with van der Waals surface area (Å²) < 4.78 is 20.9. The lowest BCUT2D eigenvalue weighted by Gasteiger charge is -2.14. The van der Waals surface area contributed by atoms with E-state index in [0.29, 0.717) is 45.2 Å². The molecule has 0 saturated carbocycles. The Bertz CT molecular complexity index is 1480. The molecule has 2 heterocycles. The fourth-order valence-electron chi connectivity index (χ4n) is 3.61. The van der Waals surface area contributed by atoms with E-state index in [1.165, 1.54) is 0 Å². The van der Waals surface area contributed by atoms with Crippen LogP contribution in [0.5, 0.6) is 23.0 Å². The predicted octanol–water partition coefficient (Wildman–Crippen LogP) is 4.73. The molecule has 0 bridgehead atoms. The second-order valence-corrected chi connectivity index (χ2v) is 10.4. The molecule has 0 amide bonds. The van der Waals surface area contributed by atoms with Crippen LogP contribution in [0.15, 0.2) is 24.3 Å². The second-order valence-electron chi connectivity index (χ2n) is 9.40. The third-order valence-electron chi connectivity index (χ3n) is 5.73. The van der Waals surface area contributed by atoms with E-state index in [1.54, 1.807) is 46.6 Å². The Morgan fingerprint density at radius 1 is 0.651 bits per heavy atom. The molecule has 0 atom stereocenters. The molecule has 2 aromatic heterocycles. The predicted molar refractivity (Wildman–Crippen MR) is 175 cm³/mol. The quantitative estimate of drug-likeness (QED) is 0.180. The van der Waals surface area contributed by atoms with Gasteiger partial charge in [0, 0.05) is 49.1 Å². The number of aromatic nitrogens is 4. The summed E-state index contributed by atoms with van der Waals surface area (Å²) in [5, 5.41) is 5.37. The molecule has 3 N–H and O–H groups in total. The Kier molecular flexibility index (Phi) is 15.0. The average molecular weight is 658 g/mol. The maximum Gasteiger partial charge on any atom is 0.224 e. The van der Waals surface area contributed by atoms with Crippen LogP contribution in [0.1, 0.15) is 0 Å². The van der Waals surface area contributed by atoms with Gasteiger partial charge >= 0.3 is 0 Å². The Hall–Kier alpha value is -3.13. The molecule has 12 nitrogen and oxygen atoms in total. The number of anilines is 1. The topological polar surface area (TPSA) is 133 Å². The minimum absolute atomic E-state index is 0.102. The van der Waals surface area contributed by atoms with Crippen molar-refractivity contribution in [3.8, 4) is 23.0 Å². The molecule has 0 radical (unpaired) electrons. The molecule has 4 rings (SSSR count). The first-order chi connectivity index (χ1) is 20.5. The van der Waals surface area contributed by atoms with Gasteiger partial charge in [-0.1, -0.05) is 11.6 Å². The molecule has 236 valence electrons. The lowest BCUT2D eigenvalue weighted by Crippen LogP contribution is -2.21. The van der Waals surface area contributed by atoms with Crippen LogP contribution >= 0.6 is 34.8 Å². The summed E-state index contributed by atoms with van der Waals surface area (Å²) in [6, 6.07) is 7.06. The standard InChI is InChI=1S/C14H19ClN4O2.C10H8Cl2N2O2.C4H12N2/c1-19(2)6-5-16-13-9-7-11(20-3)12(21-4)8-10(9)17-14(15)18-13;1-15-7-3-5-6(4-8(7)16-2)13-10(12)14-9(5)11;1-6(2)4-3-5/h7-8H,5-6H2,1-4H3,(H,16,17,18);3-4H,1-2H3;3-5H2,1-2H3. The number of nitrogens with two attached hydrogens (primary N) is 1. The van der Waals surface area contributed by atoms with E-state index in [2.05, 4.69) is 35.1 Å². The van der Waals surface area contributed by atoms with Gasteiger partial charge in [-0.25, -0.2) is 19.9 Å². The number of nitrogens with one attached hydrogen (secondary N) is 1. The molecule has 0 saturated heterocycles. The fraction of sp³-hybridized carbons (Fsp3) is 0.429. The summed E-state index contributed by atoms with van der Waals surface area (Å²) in [6.45, 7) is 3.38. The van der Waals surface area contributed by atoms with E-state index < -0.39 is 0 Å². The van der Waals surface area contributed by atoms with E-state index in [4.69, 9.17) is 59.5 Å². The van der Waals surface area contributed by atoms with Gasteiger partial charge in [-0.15, -0.1) is 0 Å². The lowest BCUT2D eigenvalue weighted by atomic mass is 10.2. The molecule has 0 aliphatic rings. The Morgan fingerprint density at radius 2 is 1.09 bits per heavy atom. The molecule has 0 aliphatic heterocycles. The normalized spacial score (nSPS) is 10.7. The van der Waals surface area contributed by atoms with E-state index in [0.717, 1.165) is 31.6 Å². The number of hydrogen-bond donors (Lipinski definition) is 2. The van der Waals surface area contributed by atoms with E-state index in [9.17, 15) is 0 Å². The molecule has 43 heavy (non-hydrogen) atoms. The number of rotatable bonds is 10. The minimum Gasteiger partial charge on any atom is -0.493 e. The van der Waals surface area contributed by atoms with Crippen molar-refractivity contribution < 1.29 is 18.9 Å². The zero-order valence-corrected chi connectivity index (χ0v) is 27.9. The number of nitrogens with zero attached hydrogens (tertiary/aromatic N) is 6. The van der Waals surface area contributed by atoms with E-state index >= 15 is 0 Å². The van der Waals surface area contributed by atoms with Crippen LogP contribution in [0.2, 0.25) is 15.7 Å². The molecule has 2 aromatic carbocycles. The summed E-state index contributed by atoms with van der Waals surface area (Å²) in [4.78, 5) is 20.5. The van der Waals surface area contributed by atoms with Gasteiger partial charge in [0.05, 0.1) is 39.5 Å². The summed E-state index contributed by atoms with van der Waals surface area (Å²) in [7, 11) is 14.3. The van der Waals surface area contributed by atoms with Gasteiger partial charge in [0.2, 0.25) is 10.6 Å². The van der Waals surface area contributed by atoms with Crippen LogP contribution in [0.25, 0.3) is 21.8 Å². The molecule has 0 aliphatic carbocycles. The lowest BCUT2D eigenvalue weighted by molar-refractivity contribution is 0.356. The molecule has 4 aromatic rings. The first kappa shape index (κ1) is 36.1. The molecular formula is C28H39Cl3N8O4. The maximum absolute atomic E-state index is 5.99. The average Bonchev–Trinajstić information content (AvgIpc) is 2.96. The van der Waals surface area contributed by atoms with E-state index in [1.807, 2.05) is 34.3 Å². The van der Waals surface area contributed by atoms with Crippen molar-refractivity contribution in [2.75, 3.05) is 88.1 Å². The first-order valence-corrected chi connectivity index (χ1v) is 14.2. The van der Waals surface area contributed by atoms with Crippen LogP contribution in [0.3, 0.4) is 0 Å². The largest absolute Gasteiger partial charge is 0.493 e. The van der Waals surface area contributed by atoms with Crippen molar-refractivity contribution in [2.24, 2.45) is 5.73 Å². The highest BCUT2D eigenvalue weighted by Gasteiger charge is 2.13. The zero-order chi connectivity index (χ0) is 32.1. The first-order valence-electron chi connectivity index (χ1n) is 13.0. The molecular weight excluding hydrogens is 619 g/mol. The number of benzene rings is 2. The van der Waals surface area contributed by atoms with Crippen molar-refractivity contribution in [1.29, 1.82) is 0 Å². The monoisotopic (exact) mass is 656 g/mol. The highest BCUT2D eigenvalue weighted by molar-refractivity contribution is 6.35. The summed E-state index contributed by atoms with van der Waals surface area (Å²) in [5.74, 6) is 3.07. The molecule has 15 heteroatoms. The number of likely N-dealkylation sites (N-methyl/N-ethyl adjacent to an activating group) is 2. The van der Waals surface area contributed by atoms with Gasteiger partial charge in [0.25, 0.3) is 0 Å². The van der Waals surface area contributed by atoms with Gasteiger partial charge in [0.1, 0.15) is 11.0 Å². The smallest absolute Gasteiger partial charge is 0.224 e. The molecule has 0 unspecified atom stereocenters. The third-order valence-corrected chi connectivity index (χ3v) is 6.35. The van der Waals surface area contributed by atoms with Crippen molar-refractivity contribution in [2.45, 2.75) is 0 Å². The highest BCUT2D eigenvalue weighted by Crippen LogP contribution is 2.35. The number of hydrogen-bond acceptors (Lipinski definition) is 12. The zero-order valence-electron chi connectivity index (χ0n) is 25.7. The summed E-state index contributed by atoms with van der Waals surface area (Å²) >= 11 is 17.7. The second kappa shape index (κ2) is 17.9. The van der Waals surface area contributed by atoms with Gasteiger partial charge in [-0.2, -0.15) is 0 Å². The van der Waals surface area contributed by atoms with Crippen LogP contribution in [0, 0.1) is 0 Å². The number of methoxy groups -OCH3 is 4. The van der Waals surface area contributed by atoms with Crippen molar-refractivity contribution in [3.63, 3.8) is 0 Å². The van der Waals surface area contributed by atoms with Crippen molar-refractivity contribution >= 4 is 62.4 Å².